The first-order valence-corrected chi connectivity index (χ1v) is 8.18. The largest absolute Gasteiger partial charge is 0.291 e. The van der Waals surface area contributed by atoms with Crippen LogP contribution in [0.5, 0.6) is 0 Å². The molecular weight excluding hydrogens is 292 g/mol. The minimum atomic E-state index is -0.527. The van der Waals surface area contributed by atoms with Crippen molar-refractivity contribution in [2.45, 2.75) is 19.4 Å². The molecule has 0 atom stereocenters. The van der Waals surface area contributed by atoms with Crippen LogP contribution in [-0.4, -0.2) is 5.71 Å². The van der Waals surface area contributed by atoms with Gasteiger partial charge in [-0.05, 0) is 30.5 Å². The van der Waals surface area contributed by atoms with Crippen LogP contribution in [0, 0.1) is 0 Å². The number of rotatable bonds is 5. The second-order valence-corrected chi connectivity index (χ2v) is 6.02. The average molecular weight is 314 g/mol. The predicted octanol–water partition coefficient (Wildman–Crippen LogP) is 4.96. The van der Waals surface area contributed by atoms with Gasteiger partial charge < -0.3 is 0 Å². The van der Waals surface area contributed by atoms with Crippen molar-refractivity contribution >= 4 is 5.71 Å². The normalized spacial score (nSPS) is 10.9. The Morgan fingerprint density at radius 2 is 0.958 bits per heavy atom. The molecular formula is C22H22N2. The summed E-state index contributed by atoms with van der Waals surface area (Å²) in [6.07, 6.45) is 0. The second-order valence-electron chi connectivity index (χ2n) is 6.02. The van der Waals surface area contributed by atoms with Gasteiger partial charge in [0.15, 0.2) is 0 Å². The molecule has 0 aliphatic carbocycles. The van der Waals surface area contributed by atoms with Crippen LogP contribution in [0.1, 0.15) is 30.5 Å². The lowest BCUT2D eigenvalue weighted by molar-refractivity contribution is 0.491. The third-order valence-electron chi connectivity index (χ3n) is 4.07. The van der Waals surface area contributed by atoms with E-state index in [0.717, 1.165) is 22.4 Å². The highest BCUT2D eigenvalue weighted by molar-refractivity contribution is 5.78. The maximum absolute atomic E-state index is 4.59. The first-order chi connectivity index (χ1) is 11.7. The molecule has 120 valence electrons. The van der Waals surface area contributed by atoms with Gasteiger partial charge in [0.25, 0.3) is 0 Å². The molecule has 3 aromatic carbocycles. The summed E-state index contributed by atoms with van der Waals surface area (Å²) >= 11 is 0. The van der Waals surface area contributed by atoms with Crippen LogP contribution in [-0.2, 0) is 5.54 Å². The lowest BCUT2D eigenvalue weighted by atomic mass is 9.77. The van der Waals surface area contributed by atoms with Gasteiger partial charge in [0, 0.05) is 5.71 Å². The Morgan fingerprint density at radius 3 is 1.25 bits per heavy atom. The molecule has 0 bridgehead atoms. The summed E-state index contributed by atoms with van der Waals surface area (Å²) in [7, 11) is 0. The molecule has 0 amide bonds. The molecule has 0 radical (unpaired) electrons. The molecule has 2 heteroatoms. The van der Waals surface area contributed by atoms with Crippen LogP contribution < -0.4 is 5.43 Å². The third kappa shape index (κ3) is 3.09. The van der Waals surface area contributed by atoms with Crippen LogP contribution in [0.25, 0.3) is 0 Å². The molecule has 0 heterocycles. The lowest BCUT2D eigenvalue weighted by Gasteiger charge is -2.35. The van der Waals surface area contributed by atoms with E-state index in [-0.39, 0.29) is 0 Å². The topological polar surface area (TPSA) is 24.4 Å². The monoisotopic (exact) mass is 314 g/mol. The van der Waals surface area contributed by atoms with E-state index in [4.69, 9.17) is 0 Å². The fourth-order valence-electron chi connectivity index (χ4n) is 2.95. The minimum Gasteiger partial charge on any atom is -0.291 e. The Kier molecular flexibility index (Phi) is 4.76. The van der Waals surface area contributed by atoms with Gasteiger partial charge in [0.05, 0.1) is 0 Å². The van der Waals surface area contributed by atoms with Gasteiger partial charge >= 0.3 is 0 Å². The van der Waals surface area contributed by atoms with E-state index in [1.807, 2.05) is 32.0 Å². The van der Waals surface area contributed by atoms with Crippen LogP contribution in [0.3, 0.4) is 0 Å². The van der Waals surface area contributed by atoms with Gasteiger partial charge in [0.1, 0.15) is 5.54 Å². The molecule has 3 aromatic rings. The molecule has 2 nitrogen and oxygen atoms in total. The smallest absolute Gasteiger partial charge is 0.130 e. The molecule has 0 unspecified atom stereocenters. The standard InChI is InChI=1S/C22H22N2/c1-18(2)23-24-22(19-12-6-3-7-13-19,20-14-8-4-9-15-20)21-16-10-5-11-17-21/h3-17,24H,1-2H3. The zero-order chi connectivity index (χ0) is 16.8. The van der Waals surface area contributed by atoms with E-state index < -0.39 is 5.54 Å². The van der Waals surface area contributed by atoms with Crippen molar-refractivity contribution in [2.24, 2.45) is 5.10 Å². The van der Waals surface area contributed by atoms with Crippen molar-refractivity contribution < 1.29 is 0 Å². The maximum Gasteiger partial charge on any atom is 0.130 e. The SMILES string of the molecule is CC(C)=NNC(c1ccccc1)(c1ccccc1)c1ccccc1. The molecule has 0 fully saturated rings. The third-order valence-corrected chi connectivity index (χ3v) is 4.07. The molecule has 3 rings (SSSR count). The first kappa shape index (κ1) is 16.0. The van der Waals surface area contributed by atoms with Crippen LogP contribution in [0.15, 0.2) is 96.1 Å². The summed E-state index contributed by atoms with van der Waals surface area (Å²) in [5.74, 6) is 0. The van der Waals surface area contributed by atoms with Gasteiger partial charge in [-0.3, -0.25) is 5.43 Å². The van der Waals surface area contributed by atoms with Crippen molar-refractivity contribution in [3.63, 3.8) is 0 Å². The first-order valence-electron chi connectivity index (χ1n) is 8.18. The molecule has 0 aliphatic heterocycles. The Labute approximate surface area is 143 Å². The highest BCUT2D eigenvalue weighted by Crippen LogP contribution is 2.36. The molecule has 0 aliphatic rings. The van der Waals surface area contributed by atoms with E-state index in [9.17, 15) is 0 Å². The molecule has 1 N–H and O–H groups in total. The molecule has 0 saturated carbocycles. The van der Waals surface area contributed by atoms with Gasteiger partial charge in [-0.2, -0.15) is 5.10 Å². The van der Waals surface area contributed by atoms with E-state index in [1.165, 1.54) is 0 Å². The van der Waals surface area contributed by atoms with E-state index in [1.54, 1.807) is 0 Å². The maximum atomic E-state index is 4.59. The van der Waals surface area contributed by atoms with Crippen molar-refractivity contribution in [1.82, 2.24) is 5.43 Å². The van der Waals surface area contributed by atoms with Crippen LogP contribution >= 0.6 is 0 Å². The summed E-state index contributed by atoms with van der Waals surface area (Å²) in [6, 6.07) is 31.4. The summed E-state index contributed by atoms with van der Waals surface area (Å²) in [5, 5.41) is 4.59. The second kappa shape index (κ2) is 7.14. The van der Waals surface area contributed by atoms with Gasteiger partial charge in [-0.25, -0.2) is 0 Å². The summed E-state index contributed by atoms with van der Waals surface area (Å²) in [4.78, 5) is 0. The fourth-order valence-corrected chi connectivity index (χ4v) is 2.95. The van der Waals surface area contributed by atoms with Crippen molar-refractivity contribution in [1.29, 1.82) is 0 Å². The number of benzene rings is 3. The predicted molar refractivity (Wildman–Crippen MR) is 101 cm³/mol. The fraction of sp³-hybridized carbons (Fsp3) is 0.136. The van der Waals surface area contributed by atoms with Gasteiger partial charge in [-0.1, -0.05) is 91.0 Å². The van der Waals surface area contributed by atoms with Gasteiger partial charge in [0.2, 0.25) is 0 Å². The number of hydrogen-bond acceptors (Lipinski definition) is 2. The number of hydrogen-bond donors (Lipinski definition) is 1. The summed E-state index contributed by atoms with van der Waals surface area (Å²) in [6.45, 7) is 4.00. The van der Waals surface area contributed by atoms with Crippen molar-refractivity contribution in [2.75, 3.05) is 0 Å². The lowest BCUT2D eigenvalue weighted by Crippen LogP contribution is -2.42. The number of hydrazone groups is 1. The van der Waals surface area contributed by atoms with E-state index >= 15 is 0 Å². The zero-order valence-corrected chi connectivity index (χ0v) is 14.1. The molecule has 0 aromatic heterocycles. The Balaban J connectivity index is 2.30. The summed E-state index contributed by atoms with van der Waals surface area (Å²) < 4.78 is 0. The van der Waals surface area contributed by atoms with Crippen molar-refractivity contribution in [3.8, 4) is 0 Å². The van der Waals surface area contributed by atoms with Gasteiger partial charge in [-0.15, -0.1) is 0 Å². The Hall–Kier alpha value is -2.87. The summed E-state index contributed by atoms with van der Waals surface area (Å²) in [5.41, 5.74) is 7.41. The van der Waals surface area contributed by atoms with Crippen LogP contribution in [0.4, 0.5) is 0 Å². The average Bonchev–Trinajstić information content (AvgIpc) is 2.65. The molecule has 0 saturated heterocycles. The minimum absolute atomic E-state index is 0.527. The van der Waals surface area contributed by atoms with E-state index in [2.05, 4.69) is 83.3 Å². The van der Waals surface area contributed by atoms with E-state index in [0.29, 0.717) is 0 Å². The van der Waals surface area contributed by atoms with Crippen LogP contribution in [0.2, 0.25) is 0 Å². The highest BCUT2D eigenvalue weighted by atomic mass is 15.3. The Morgan fingerprint density at radius 1 is 0.625 bits per heavy atom. The molecule has 24 heavy (non-hydrogen) atoms. The Bertz CT molecular complexity index is 692. The molecule has 0 spiro atoms. The number of nitrogens with one attached hydrogen (secondary N) is 1. The highest BCUT2D eigenvalue weighted by Gasteiger charge is 2.36. The quantitative estimate of drug-likeness (QED) is 0.401. The number of nitrogens with zero attached hydrogens (tertiary/aromatic N) is 1. The zero-order valence-electron chi connectivity index (χ0n) is 14.1. The van der Waals surface area contributed by atoms with Crippen molar-refractivity contribution in [3.05, 3.63) is 108 Å².